The van der Waals surface area contributed by atoms with E-state index in [1.807, 2.05) is 31.3 Å². The molecule has 0 bridgehead atoms. The zero-order chi connectivity index (χ0) is 15.6. The van der Waals surface area contributed by atoms with E-state index in [-0.39, 0.29) is 12.4 Å². The van der Waals surface area contributed by atoms with E-state index in [9.17, 15) is 0 Å². The number of rotatable bonds is 4. The van der Waals surface area contributed by atoms with Gasteiger partial charge in [-0.25, -0.2) is 0 Å². The summed E-state index contributed by atoms with van der Waals surface area (Å²) in [5.41, 5.74) is 3.46. The van der Waals surface area contributed by atoms with Crippen LogP contribution in [0.4, 0.5) is 0 Å². The topological polar surface area (TPSA) is 71.4 Å². The minimum absolute atomic E-state index is 0. The number of nitrogens with one attached hydrogen (secondary N) is 2. The van der Waals surface area contributed by atoms with Gasteiger partial charge in [-0.05, 0) is 18.9 Å². The third kappa shape index (κ3) is 3.20. The SMILES string of the molecule is Cc1nnc2n1CC(NCc1cn[nH]c1-c1ccccc1)CC2.Cl. The second-order valence-electron chi connectivity index (χ2n) is 6.03. The lowest BCUT2D eigenvalue weighted by molar-refractivity contribution is 0.375. The smallest absolute Gasteiger partial charge is 0.133 e. The summed E-state index contributed by atoms with van der Waals surface area (Å²) in [6, 6.07) is 10.8. The fourth-order valence-corrected chi connectivity index (χ4v) is 3.18. The Bertz CT molecular complexity index is 795. The van der Waals surface area contributed by atoms with Gasteiger partial charge in [0.2, 0.25) is 0 Å². The van der Waals surface area contributed by atoms with Gasteiger partial charge in [0.05, 0.1) is 11.9 Å². The van der Waals surface area contributed by atoms with E-state index in [2.05, 4.69) is 42.4 Å². The fourth-order valence-electron chi connectivity index (χ4n) is 3.18. The van der Waals surface area contributed by atoms with Crippen LogP contribution in [0.15, 0.2) is 36.5 Å². The molecule has 6 nitrogen and oxygen atoms in total. The maximum Gasteiger partial charge on any atom is 0.133 e. The van der Waals surface area contributed by atoms with Gasteiger partial charge in [0.15, 0.2) is 0 Å². The number of fused-ring (bicyclic) bond motifs is 1. The van der Waals surface area contributed by atoms with Crippen LogP contribution in [0.1, 0.15) is 23.6 Å². The van der Waals surface area contributed by atoms with Crippen molar-refractivity contribution in [2.45, 2.75) is 38.9 Å². The average molecular weight is 345 g/mol. The summed E-state index contributed by atoms with van der Waals surface area (Å²) in [6.07, 6.45) is 3.99. The van der Waals surface area contributed by atoms with E-state index in [0.29, 0.717) is 6.04 Å². The van der Waals surface area contributed by atoms with Crippen molar-refractivity contribution in [1.29, 1.82) is 0 Å². The van der Waals surface area contributed by atoms with Gasteiger partial charge in [-0.3, -0.25) is 5.10 Å². The fraction of sp³-hybridized carbons (Fsp3) is 0.353. The second kappa shape index (κ2) is 7.15. The normalized spacial score (nSPS) is 16.5. The van der Waals surface area contributed by atoms with Gasteiger partial charge < -0.3 is 9.88 Å². The lowest BCUT2D eigenvalue weighted by Gasteiger charge is -2.25. The number of aromatic amines is 1. The van der Waals surface area contributed by atoms with Crippen LogP contribution in [0, 0.1) is 6.92 Å². The number of nitrogens with zero attached hydrogens (tertiary/aromatic N) is 4. The number of aromatic nitrogens is 5. The molecule has 1 aliphatic heterocycles. The van der Waals surface area contributed by atoms with Crippen molar-refractivity contribution in [3.63, 3.8) is 0 Å². The summed E-state index contributed by atoms with van der Waals surface area (Å²) in [6.45, 7) is 3.76. The van der Waals surface area contributed by atoms with E-state index >= 15 is 0 Å². The molecule has 0 spiro atoms. The van der Waals surface area contributed by atoms with E-state index in [4.69, 9.17) is 0 Å². The molecule has 4 rings (SSSR count). The Kier molecular flexibility index (Phi) is 4.97. The first-order chi connectivity index (χ1) is 11.3. The van der Waals surface area contributed by atoms with Crippen LogP contribution in [0.2, 0.25) is 0 Å². The van der Waals surface area contributed by atoms with Crippen LogP contribution < -0.4 is 5.32 Å². The predicted octanol–water partition coefficient (Wildman–Crippen LogP) is 2.50. The Labute approximate surface area is 147 Å². The molecule has 24 heavy (non-hydrogen) atoms. The van der Waals surface area contributed by atoms with Gasteiger partial charge in [-0.15, -0.1) is 22.6 Å². The van der Waals surface area contributed by atoms with E-state index < -0.39 is 0 Å². The van der Waals surface area contributed by atoms with E-state index in [0.717, 1.165) is 43.3 Å². The number of H-pyrrole nitrogens is 1. The third-order valence-corrected chi connectivity index (χ3v) is 4.49. The summed E-state index contributed by atoms with van der Waals surface area (Å²) in [5.74, 6) is 2.11. The summed E-state index contributed by atoms with van der Waals surface area (Å²) in [4.78, 5) is 0. The number of hydrogen-bond acceptors (Lipinski definition) is 4. The van der Waals surface area contributed by atoms with Crippen molar-refractivity contribution >= 4 is 12.4 Å². The largest absolute Gasteiger partial charge is 0.314 e. The minimum atomic E-state index is 0. The lowest BCUT2D eigenvalue weighted by atomic mass is 10.1. The highest BCUT2D eigenvalue weighted by Crippen LogP contribution is 2.21. The van der Waals surface area contributed by atoms with Gasteiger partial charge in [0, 0.05) is 31.1 Å². The van der Waals surface area contributed by atoms with Gasteiger partial charge in [0.25, 0.3) is 0 Å². The van der Waals surface area contributed by atoms with E-state index in [1.54, 1.807) is 0 Å². The Balaban J connectivity index is 0.00000169. The Hall–Kier alpha value is -2.18. The van der Waals surface area contributed by atoms with Crippen LogP contribution in [0.5, 0.6) is 0 Å². The highest BCUT2D eigenvalue weighted by atomic mass is 35.5. The Morgan fingerprint density at radius 1 is 1.25 bits per heavy atom. The molecule has 1 unspecified atom stereocenters. The average Bonchev–Trinajstić information content (AvgIpc) is 3.21. The van der Waals surface area contributed by atoms with Crippen molar-refractivity contribution in [3.8, 4) is 11.3 Å². The van der Waals surface area contributed by atoms with Crippen molar-refractivity contribution in [1.82, 2.24) is 30.3 Å². The maximum atomic E-state index is 4.22. The minimum Gasteiger partial charge on any atom is -0.314 e. The van der Waals surface area contributed by atoms with Crippen LogP contribution in [-0.4, -0.2) is 31.0 Å². The molecule has 126 valence electrons. The van der Waals surface area contributed by atoms with Crippen molar-refractivity contribution in [3.05, 3.63) is 53.7 Å². The number of hydrogen-bond donors (Lipinski definition) is 2. The van der Waals surface area contributed by atoms with Crippen molar-refractivity contribution in [2.24, 2.45) is 0 Å². The summed E-state index contributed by atoms with van der Waals surface area (Å²) >= 11 is 0. The van der Waals surface area contributed by atoms with Crippen LogP contribution in [0.25, 0.3) is 11.3 Å². The molecular weight excluding hydrogens is 324 g/mol. The zero-order valence-electron chi connectivity index (χ0n) is 13.6. The molecule has 0 fully saturated rings. The first-order valence-electron chi connectivity index (χ1n) is 8.01. The molecule has 7 heteroatoms. The zero-order valence-corrected chi connectivity index (χ0v) is 14.4. The third-order valence-electron chi connectivity index (χ3n) is 4.49. The molecule has 1 aromatic carbocycles. The molecule has 0 radical (unpaired) electrons. The first kappa shape index (κ1) is 16.7. The van der Waals surface area contributed by atoms with Crippen molar-refractivity contribution < 1.29 is 0 Å². The Morgan fingerprint density at radius 3 is 2.92 bits per heavy atom. The highest BCUT2D eigenvalue weighted by Gasteiger charge is 2.21. The maximum absolute atomic E-state index is 4.22. The predicted molar refractivity (Wildman–Crippen MR) is 95.0 cm³/mol. The van der Waals surface area contributed by atoms with Gasteiger partial charge in [-0.1, -0.05) is 30.3 Å². The summed E-state index contributed by atoms with van der Waals surface area (Å²) in [5, 5.41) is 19.4. The molecule has 3 heterocycles. The molecule has 0 aliphatic carbocycles. The molecule has 0 saturated heterocycles. The number of halogens is 1. The molecule has 1 atom stereocenters. The highest BCUT2D eigenvalue weighted by molar-refractivity contribution is 5.85. The molecular formula is C17H21ClN6. The van der Waals surface area contributed by atoms with Crippen LogP contribution in [0.3, 0.4) is 0 Å². The lowest BCUT2D eigenvalue weighted by Crippen LogP contribution is -2.37. The molecule has 2 aromatic heterocycles. The number of aryl methyl sites for hydroxylation is 2. The molecule has 1 aliphatic rings. The molecule has 2 N–H and O–H groups in total. The van der Waals surface area contributed by atoms with E-state index in [1.165, 1.54) is 11.1 Å². The van der Waals surface area contributed by atoms with Crippen molar-refractivity contribution in [2.75, 3.05) is 0 Å². The molecule has 3 aromatic rings. The van der Waals surface area contributed by atoms with Gasteiger partial charge >= 0.3 is 0 Å². The number of benzene rings is 1. The quantitative estimate of drug-likeness (QED) is 0.762. The second-order valence-corrected chi connectivity index (χ2v) is 6.03. The summed E-state index contributed by atoms with van der Waals surface area (Å²) in [7, 11) is 0. The monoisotopic (exact) mass is 344 g/mol. The van der Waals surface area contributed by atoms with Crippen LogP contribution in [-0.2, 0) is 19.5 Å². The standard InChI is InChI=1S/C17H20N6.ClH/c1-12-20-21-16-8-7-15(11-23(12)16)18-9-14-10-19-22-17(14)13-5-3-2-4-6-13;/h2-6,10,15,18H,7-9,11H2,1H3,(H,19,22);1H. The van der Waals surface area contributed by atoms with Gasteiger partial charge in [0.1, 0.15) is 11.6 Å². The van der Waals surface area contributed by atoms with Gasteiger partial charge in [-0.2, -0.15) is 5.10 Å². The molecule has 0 amide bonds. The molecule has 0 saturated carbocycles. The summed E-state index contributed by atoms with van der Waals surface area (Å²) < 4.78 is 2.22. The first-order valence-corrected chi connectivity index (χ1v) is 8.01. The Morgan fingerprint density at radius 2 is 2.08 bits per heavy atom. The van der Waals surface area contributed by atoms with Crippen LogP contribution >= 0.6 is 12.4 Å².